The zero-order chi connectivity index (χ0) is 18.1. The fourth-order valence-electron chi connectivity index (χ4n) is 1.88. The highest BCUT2D eigenvalue weighted by molar-refractivity contribution is 5.94. The average molecular weight is 338 g/mol. The van der Waals surface area contributed by atoms with E-state index in [1.54, 1.807) is 0 Å². The summed E-state index contributed by atoms with van der Waals surface area (Å²) in [6.45, 7) is 5.82. The molecule has 0 aromatic heterocycles. The van der Waals surface area contributed by atoms with Crippen molar-refractivity contribution in [1.29, 1.82) is 0 Å². The summed E-state index contributed by atoms with van der Waals surface area (Å²) in [5.74, 6) is -2.51. The Morgan fingerprint density at radius 1 is 1.42 bits per heavy atom. The molecular weight excluding hydrogens is 316 g/mol. The van der Waals surface area contributed by atoms with E-state index in [0.717, 1.165) is 17.7 Å². The van der Waals surface area contributed by atoms with Crippen LogP contribution in [0.25, 0.3) is 0 Å². The zero-order valence-corrected chi connectivity index (χ0v) is 13.7. The maximum atomic E-state index is 13.1. The molecule has 1 amide bonds. The molecule has 7 heteroatoms. The first-order valence-electron chi connectivity index (χ1n) is 7.27. The molecule has 5 nitrogen and oxygen atoms in total. The Hall–Kier alpha value is -2.51. The summed E-state index contributed by atoms with van der Waals surface area (Å²) in [5.41, 5.74) is 9.47. The highest BCUT2D eigenvalue weighted by atomic mass is 19.2. The van der Waals surface area contributed by atoms with Gasteiger partial charge in [-0.1, -0.05) is 12.2 Å². The van der Waals surface area contributed by atoms with Gasteiger partial charge in [0.1, 0.15) is 0 Å². The van der Waals surface area contributed by atoms with Gasteiger partial charge in [-0.25, -0.2) is 13.6 Å². The number of halogens is 2. The van der Waals surface area contributed by atoms with Crippen molar-refractivity contribution in [3.63, 3.8) is 0 Å². The van der Waals surface area contributed by atoms with Crippen LogP contribution >= 0.6 is 0 Å². The molecule has 0 heterocycles. The number of hydroxylamine groups is 1. The summed E-state index contributed by atoms with van der Waals surface area (Å²) in [6, 6.07) is 3.02. The van der Waals surface area contributed by atoms with Crippen molar-refractivity contribution in [2.75, 3.05) is 13.7 Å². The van der Waals surface area contributed by atoms with Crippen LogP contribution in [-0.2, 0) is 4.84 Å². The Morgan fingerprint density at radius 3 is 2.71 bits per heavy atom. The van der Waals surface area contributed by atoms with Gasteiger partial charge in [0, 0.05) is 18.2 Å². The first-order valence-corrected chi connectivity index (χ1v) is 7.27. The van der Waals surface area contributed by atoms with Gasteiger partial charge in [-0.2, -0.15) is 5.48 Å². The number of amides is 1. The van der Waals surface area contributed by atoms with E-state index in [1.165, 1.54) is 24.7 Å². The zero-order valence-electron chi connectivity index (χ0n) is 13.7. The minimum atomic E-state index is -1.05. The lowest BCUT2D eigenvalue weighted by Crippen LogP contribution is -2.80. The number of hydrogen-bond donors (Lipinski definition) is 3. The fourth-order valence-corrected chi connectivity index (χ4v) is 1.88. The van der Waals surface area contributed by atoms with Crippen LogP contribution in [0.3, 0.4) is 0 Å². The van der Waals surface area contributed by atoms with Gasteiger partial charge in [0.2, 0.25) is 0 Å². The van der Waals surface area contributed by atoms with Crippen molar-refractivity contribution >= 4 is 5.91 Å². The van der Waals surface area contributed by atoms with Crippen molar-refractivity contribution in [3.8, 4) is 0 Å². The molecule has 1 rings (SSSR count). The molecule has 24 heavy (non-hydrogen) atoms. The number of hydrogen-bond acceptors (Lipinski definition) is 3. The summed E-state index contributed by atoms with van der Waals surface area (Å²) in [6.07, 6.45) is 3.89. The molecule has 130 valence electrons. The summed E-state index contributed by atoms with van der Waals surface area (Å²) in [4.78, 5) is 16.8. The third-order valence-corrected chi connectivity index (χ3v) is 3.19. The van der Waals surface area contributed by atoms with Gasteiger partial charge in [0.05, 0.1) is 12.8 Å². The summed E-state index contributed by atoms with van der Waals surface area (Å²) in [5, 5.41) is 2.65. The molecule has 0 aliphatic heterocycles. The van der Waals surface area contributed by atoms with Gasteiger partial charge in [0.25, 0.3) is 5.91 Å². The van der Waals surface area contributed by atoms with Crippen LogP contribution in [-0.4, -0.2) is 19.6 Å². The molecule has 0 saturated heterocycles. The SMILES string of the molecule is C=C/C(N)=C(\C=C(/C)CCNC(=O)c1ccc(F)c(F)c1)[NH2+]OC. The smallest absolute Gasteiger partial charge is 0.251 e. The van der Waals surface area contributed by atoms with E-state index in [-0.39, 0.29) is 5.56 Å². The van der Waals surface area contributed by atoms with Crippen LogP contribution in [0.1, 0.15) is 23.7 Å². The molecule has 0 aliphatic rings. The summed E-state index contributed by atoms with van der Waals surface area (Å²) < 4.78 is 26.0. The Morgan fingerprint density at radius 2 is 2.12 bits per heavy atom. The number of nitrogens with two attached hydrogens (primary N) is 2. The molecule has 1 aromatic carbocycles. The standard InChI is InChI=1S/C17H21F2N3O2/c1-4-15(20)16(22-24-3)9-11(2)7-8-21-17(23)12-5-6-13(18)14(19)10-12/h4-6,9-10,22H,1,7-8,20H2,2-3H3,(H,21,23)/p+1/b11-9+,16-15-. The monoisotopic (exact) mass is 338 g/mol. The molecule has 0 bridgehead atoms. The molecule has 0 unspecified atom stereocenters. The van der Waals surface area contributed by atoms with Crippen LogP contribution in [0.5, 0.6) is 0 Å². The van der Waals surface area contributed by atoms with Crippen LogP contribution in [0, 0.1) is 11.6 Å². The Kier molecular flexibility index (Phi) is 7.81. The predicted octanol–water partition coefficient (Wildman–Crippen LogP) is 1.51. The minimum Gasteiger partial charge on any atom is -0.394 e. The lowest BCUT2D eigenvalue weighted by molar-refractivity contribution is -0.852. The first-order chi connectivity index (χ1) is 11.4. The van der Waals surface area contributed by atoms with Gasteiger partial charge in [0.15, 0.2) is 17.3 Å². The first kappa shape index (κ1) is 19.5. The van der Waals surface area contributed by atoms with Gasteiger partial charge in [-0.3, -0.25) is 4.79 Å². The molecule has 0 spiro atoms. The summed E-state index contributed by atoms with van der Waals surface area (Å²) in [7, 11) is 1.52. The van der Waals surface area contributed by atoms with E-state index in [0.29, 0.717) is 24.4 Å². The fraction of sp³-hybridized carbons (Fsp3) is 0.235. The van der Waals surface area contributed by atoms with E-state index in [4.69, 9.17) is 10.6 Å². The third-order valence-electron chi connectivity index (χ3n) is 3.19. The van der Waals surface area contributed by atoms with E-state index >= 15 is 0 Å². The lowest BCUT2D eigenvalue weighted by atomic mass is 10.1. The van der Waals surface area contributed by atoms with Crippen LogP contribution in [0.4, 0.5) is 8.78 Å². The molecule has 5 N–H and O–H groups in total. The van der Waals surface area contributed by atoms with Gasteiger partial charge >= 0.3 is 0 Å². The number of rotatable bonds is 8. The molecule has 0 aliphatic carbocycles. The molecule has 0 fully saturated rings. The number of nitrogens with one attached hydrogen (secondary N) is 1. The van der Waals surface area contributed by atoms with Crippen molar-refractivity contribution < 1.29 is 23.9 Å². The molecule has 0 saturated carbocycles. The highest BCUT2D eigenvalue weighted by Crippen LogP contribution is 2.09. The van der Waals surface area contributed by atoms with Gasteiger partial charge in [-0.15, -0.1) is 0 Å². The number of carbonyl (C=O) groups excluding carboxylic acids is 1. The Balaban J connectivity index is 2.62. The Bertz CT molecular complexity index is 670. The molecule has 1 aromatic rings. The van der Waals surface area contributed by atoms with E-state index < -0.39 is 17.5 Å². The summed E-state index contributed by atoms with van der Waals surface area (Å²) >= 11 is 0. The normalized spacial score (nSPS) is 12.6. The average Bonchev–Trinajstić information content (AvgIpc) is 2.56. The lowest BCUT2D eigenvalue weighted by Gasteiger charge is -2.07. The van der Waals surface area contributed by atoms with Gasteiger partial charge in [-0.05, 0) is 37.6 Å². The third kappa shape index (κ3) is 5.94. The number of carbonyl (C=O) groups is 1. The van der Waals surface area contributed by atoms with Crippen LogP contribution < -0.4 is 16.5 Å². The highest BCUT2D eigenvalue weighted by Gasteiger charge is 2.09. The van der Waals surface area contributed by atoms with Crippen molar-refractivity contribution in [3.05, 3.63) is 71.1 Å². The molecular formula is C17H22F2N3O2+. The van der Waals surface area contributed by atoms with Crippen molar-refractivity contribution in [1.82, 2.24) is 5.32 Å². The van der Waals surface area contributed by atoms with Gasteiger partial charge < -0.3 is 11.1 Å². The second-order valence-corrected chi connectivity index (χ2v) is 5.09. The topological polar surface area (TPSA) is 81.0 Å². The predicted molar refractivity (Wildman–Crippen MR) is 87.4 cm³/mol. The van der Waals surface area contributed by atoms with Crippen LogP contribution in [0.15, 0.2) is 53.9 Å². The second-order valence-electron chi connectivity index (χ2n) is 5.09. The van der Waals surface area contributed by atoms with E-state index in [9.17, 15) is 13.6 Å². The molecule has 0 radical (unpaired) electrons. The van der Waals surface area contributed by atoms with Crippen LogP contribution in [0.2, 0.25) is 0 Å². The maximum Gasteiger partial charge on any atom is 0.251 e. The quantitative estimate of drug-likeness (QED) is 0.496. The largest absolute Gasteiger partial charge is 0.394 e. The van der Waals surface area contributed by atoms with E-state index in [2.05, 4.69) is 11.9 Å². The van der Waals surface area contributed by atoms with Crippen molar-refractivity contribution in [2.24, 2.45) is 5.73 Å². The molecule has 0 atom stereocenters. The Labute approximate surface area is 139 Å². The number of allylic oxidation sites excluding steroid dienone is 2. The van der Waals surface area contributed by atoms with Crippen molar-refractivity contribution in [2.45, 2.75) is 13.3 Å². The number of quaternary nitrogens is 1. The second kappa shape index (κ2) is 9.59. The van der Waals surface area contributed by atoms with E-state index in [1.807, 2.05) is 13.0 Å². The number of benzene rings is 1. The maximum absolute atomic E-state index is 13.1. The minimum absolute atomic E-state index is 0.0692.